The van der Waals surface area contributed by atoms with Crippen LogP contribution < -0.4 is 4.74 Å². The fourth-order valence-electron chi connectivity index (χ4n) is 0.828. The first-order valence-electron chi connectivity index (χ1n) is 4.51. The Morgan fingerprint density at radius 2 is 1.50 bits per heavy atom. The second kappa shape index (κ2) is 20.7. The zero-order chi connectivity index (χ0) is 13.4. The summed E-state index contributed by atoms with van der Waals surface area (Å²) in [6.07, 6.45) is 0. The number of benzene rings is 1. The van der Waals surface area contributed by atoms with E-state index in [0.717, 1.165) is 5.75 Å². The van der Waals surface area contributed by atoms with E-state index >= 15 is 0 Å². The second-order valence-electron chi connectivity index (χ2n) is 2.40. The van der Waals surface area contributed by atoms with Gasteiger partial charge in [-0.25, -0.2) is 12.1 Å². The number of ether oxygens (including phenoxy) is 1. The Kier molecular flexibility index (Phi) is 24.9. The van der Waals surface area contributed by atoms with Gasteiger partial charge in [0.15, 0.2) is 0 Å². The average Bonchev–Trinajstić information content (AvgIpc) is 3.03. The summed E-state index contributed by atoms with van der Waals surface area (Å²) in [5, 5.41) is 0. The quantitative estimate of drug-likeness (QED) is 0.451. The van der Waals surface area contributed by atoms with Crippen molar-refractivity contribution in [1.29, 1.82) is 0 Å². The zero-order valence-electron chi connectivity index (χ0n) is 9.77. The Labute approximate surface area is 118 Å². The minimum Gasteiger partial charge on any atom is -0.214 e. The van der Waals surface area contributed by atoms with Crippen LogP contribution >= 0.6 is 0 Å². The van der Waals surface area contributed by atoms with Gasteiger partial charge in [-0.05, 0) is 0 Å². The molecule has 0 N–H and O–H groups in total. The van der Waals surface area contributed by atoms with Crippen LogP contribution in [0.4, 0.5) is 0 Å². The maximum atomic E-state index is 7.50. The molecule has 2 aromatic carbocycles. The molecule has 18 heavy (non-hydrogen) atoms. The molecule has 2 aromatic rings. The maximum absolute atomic E-state index is 7.50. The first kappa shape index (κ1) is 21.6. The molecule has 0 aliphatic carbocycles. The molecule has 0 aromatic heterocycles. The summed E-state index contributed by atoms with van der Waals surface area (Å²) in [6.45, 7) is 9.00. The average molecular weight is 284 g/mol. The van der Waals surface area contributed by atoms with Crippen LogP contribution in [0.15, 0.2) is 54.6 Å². The van der Waals surface area contributed by atoms with Crippen molar-refractivity contribution in [3.63, 3.8) is 0 Å². The number of hydrogen-bond donors (Lipinski definition) is 0. The van der Waals surface area contributed by atoms with Crippen molar-refractivity contribution in [2.45, 2.75) is 0 Å². The summed E-state index contributed by atoms with van der Waals surface area (Å²) in [6, 6.07) is 20.2. The molecule has 0 amide bonds. The van der Waals surface area contributed by atoms with E-state index in [1.807, 2.05) is 54.6 Å². The predicted molar refractivity (Wildman–Crippen MR) is 61.7 cm³/mol. The van der Waals surface area contributed by atoms with Crippen molar-refractivity contribution in [2.75, 3.05) is 7.11 Å². The Bertz CT molecular complexity index is 342. The zero-order valence-corrected chi connectivity index (χ0v) is 10.9. The molecule has 0 radical (unpaired) electrons. The van der Waals surface area contributed by atoms with Gasteiger partial charge in [-0.3, -0.25) is 0 Å². The molecule has 0 saturated heterocycles. The molecule has 0 fully saturated rings. The van der Waals surface area contributed by atoms with E-state index in [4.69, 9.17) is 14.0 Å². The third kappa shape index (κ3) is 14.4. The molecule has 0 aliphatic rings. The van der Waals surface area contributed by atoms with Crippen LogP contribution in [0.3, 0.4) is 0 Å². The topological polar surface area (TPSA) is 49.0 Å². The smallest absolute Gasteiger partial charge is 0 e. The Balaban J connectivity index is -0.000000196. The minimum atomic E-state index is 0. The van der Waals surface area contributed by atoms with E-state index in [1.54, 1.807) is 7.11 Å². The van der Waals surface area contributed by atoms with Crippen molar-refractivity contribution < 1.29 is 31.1 Å². The SMILES string of the molecule is COc1cc[c-]cc1.[C-]#[O+].[C-]#[O+].[Fe].c1cc[cH-]c1. The van der Waals surface area contributed by atoms with Crippen molar-refractivity contribution in [1.82, 2.24) is 0 Å². The van der Waals surface area contributed by atoms with Crippen LogP contribution in [0.2, 0.25) is 0 Å². The first-order valence-corrected chi connectivity index (χ1v) is 4.51. The van der Waals surface area contributed by atoms with Crippen molar-refractivity contribution in [2.24, 2.45) is 0 Å². The van der Waals surface area contributed by atoms with Crippen molar-refractivity contribution in [3.8, 4) is 5.75 Å². The van der Waals surface area contributed by atoms with E-state index in [1.165, 1.54) is 0 Å². The monoisotopic (exact) mass is 284 g/mol. The number of rotatable bonds is 1. The molecule has 0 spiro atoms. The first-order chi connectivity index (χ1) is 8.43. The van der Waals surface area contributed by atoms with Gasteiger partial charge in [0.2, 0.25) is 0 Å². The molecule has 4 heteroatoms. The fourth-order valence-corrected chi connectivity index (χ4v) is 0.828. The molecule has 0 atom stereocenters. The Hall–Kier alpha value is -1.63. The molecule has 0 aliphatic heterocycles. The summed E-state index contributed by atoms with van der Waals surface area (Å²) < 4.78 is 19.9. The van der Waals surface area contributed by atoms with Crippen LogP contribution in [0, 0.1) is 19.4 Å². The van der Waals surface area contributed by atoms with Crippen LogP contribution in [0.25, 0.3) is 0 Å². The summed E-state index contributed by atoms with van der Waals surface area (Å²) in [7, 11) is 1.65. The molecular weight excluding hydrogens is 272 g/mol. The molecular formula is C14H12FeO3-2. The summed E-state index contributed by atoms with van der Waals surface area (Å²) >= 11 is 0. The van der Waals surface area contributed by atoms with E-state index in [9.17, 15) is 0 Å². The second-order valence-corrected chi connectivity index (χ2v) is 2.40. The van der Waals surface area contributed by atoms with E-state index in [0.29, 0.717) is 0 Å². The van der Waals surface area contributed by atoms with E-state index < -0.39 is 0 Å². The fraction of sp³-hybridized carbons (Fsp3) is 0.0714. The van der Waals surface area contributed by atoms with Crippen LogP contribution in [-0.2, 0) is 26.4 Å². The van der Waals surface area contributed by atoms with Gasteiger partial charge in [0.1, 0.15) is 0 Å². The number of hydrogen-bond acceptors (Lipinski definition) is 1. The molecule has 3 nitrogen and oxygen atoms in total. The largest absolute Gasteiger partial charge is 0.214 e. The normalized spacial score (nSPS) is 6.28. The standard InChI is InChI=1S/C7H7O.C5H5.2CO.Fe/c1-8-7-5-3-2-4-6-7;1-2-4-5-3-1;2*1-2;/h3-6H,1H3;1-5H;;;/q2*-1;;;. The molecule has 96 valence electrons. The molecule has 0 saturated carbocycles. The van der Waals surface area contributed by atoms with Crippen molar-refractivity contribution in [3.05, 3.63) is 74.0 Å². The maximum Gasteiger partial charge on any atom is 0 e. The molecule has 0 bridgehead atoms. The predicted octanol–water partition coefficient (Wildman–Crippen LogP) is 2.82. The third-order valence-electron chi connectivity index (χ3n) is 1.48. The van der Waals surface area contributed by atoms with Crippen molar-refractivity contribution >= 4 is 0 Å². The van der Waals surface area contributed by atoms with Gasteiger partial charge in [-0.1, -0.05) is 0 Å². The third-order valence-corrected chi connectivity index (χ3v) is 1.48. The van der Waals surface area contributed by atoms with Gasteiger partial charge in [-0.2, -0.15) is 36.4 Å². The summed E-state index contributed by atoms with van der Waals surface area (Å²) in [5.41, 5.74) is 0. The minimum absolute atomic E-state index is 0. The molecule has 0 heterocycles. The molecule has 2 rings (SSSR count). The van der Waals surface area contributed by atoms with Gasteiger partial charge < -0.3 is 4.74 Å². The van der Waals surface area contributed by atoms with Gasteiger partial charge in [0, 0.05) is 22.8 Å². The van der Waals surface area contributed by atoms with Gasteiger partial charge in [0.25, 0.3) is 0 Å². The van der Waals surface area contributed by atoms with Gasteiger partial charge in [0.05, 0.1) is 7.11 Å². The molecule has 0 unspecified atom stereocenters. The summed E-state index contributed by atoms with van der Waals surface area (Å²) in [5.74, 6) is 0.878. The van der Waals surface area contributed by atoms with E-state index in [-0.39, 0.29) is 17.1 Å². The van der Waals surface area contributed by atoms with Crippen LogP contribution in [-0.4, -0.2) is 7.11 Å². The summed E-state index contributed by atoms with van der Waals surface area (Å²) in [4.78, 5) is 0. The van der Waals surface area contributed by atoms with Crippen LogP contribution in [0.1, 0.15) is 0 Å². The van der Waals surface area contributed by atoms with Gasteiger partial charge in [-0.15, -0.1) is 12.1 Å². The Morgan fingerprint density at radius 3 is 1.72 bits per heavy atom. The van der Waals surface area contributed by atoms with Gasteiger partial charge >= 0.3 is 22.6 Å². The van der Waals surface area contributed by atoms with Crippen LogP contribution in [0.5, 0.6) is 5.75 Å². The number of methoxy groups -OCH3 is 1. The Morgan fingerprint density at radius 1 is 1.06 bits per heavy atom. The van der Waals surface area contributed by atoms with E-state index in [2.05, 4.69) is 19.4 Å².